The Kier molecular flexibility index (Phi) is 5.88. The lowest BCUT2D eigenvalue weighted by atomic mass is 10.00. The lowest BCUT2D eigenvalue weighted by Crippen LogP contribution is -2.37. The van der Waals surface area contributed by atoms with E-state index in [2.05, 4.69) is 28.4 Å². The van der Waals surface area contributed by atoms with Crippen LogP contribution in [-0.4, -0.2) is 44.5 Å². The largest absolute Gasteiger partial charge is 0.485 e. The van der Waals surface area contributed by atoms with Crippen molar-refractivity contribution in [1.29, 1.82) is 0 Å². The molecule has 1 atom stereocenters. The van der Waals surface area contributed by atoms with Gasteiger partial charge in [-0.2, -0.15) is 0 Å². The third-order valence-corrected chi connectivity index (χ3v) is 7.19. The maximum atomic E-state index is 13.1. The molecule has 3 heterocycles. The highest BCUT2D eigenvalue weighted by molar-refractivity contribution is 7.99. The van der Waals surface area contributed by atoms with Crippen LogP contribution in [0.25, 0.3) is 5.69 Å². The molecule has 2 aliphatic heterocycles. The van der Waals surface area contributed by atoms with Gasteiger partial charge < -0.3 is 14.4 Å². The van der Waals surface area contributed by atoms with Gasteiger partial charge in [-0.1, -0.05) is 66.4 Å². The highest BCUT2D eigenvalue weighted by Gasteiger charge is 2.30. The quantitative estimate of drug-likeness (QED) is 0.390. The highest BCUT2D eigenvalue weighted by atomic mass is 32.2. The smallest absolute Gasteiger partial charge is 0.233 e. The molecular weight excluding hydrogens is 460 g/mol. The molecule has 2 aliphatic rings. The average Bonchev–Trinajstić information content (AvgIpc) is 3.35. The molecule has 0 fully saturated rings. The predicted molar refractivity (Wildman–Crippen MR) is 133 cm³/mol. The zero-order valence-corrected chi connectivity index (χ0v) is 19.9. The van der Waals surface area contributed by atoms with Crippen molar-refractivity contribution in [2.75, 3.05) is 18.9 Å². The van der Waals surface area contributed by atoms with Crippen molar-refractivity contribution in [1.82, 2.24) is 19.7 Å². The van der Waals surface area contributed by atoms with Crippen molar-refractivity contribution >= 4 is 17.7 Å². The third-order valence-electron chi connectivity index (χ3n) is 6.28. The summed E-state index contributed by atoms with van der Waals surface area (Å²) < 4.78 is 14.1. The molecule has 0 N–H and O–H groups in total. The Balaban J connectivity index is 1.23. The van der Waals surface area contributed by atoms with Crippen LogP contribution in [0.3, 0.4) is 0 Å². The molecule has 3 aromatic carbocycles. The number of fused-ring (bicyclic) bond motifs is 2. The van der Waals surface area contributed by atoms with Gasteiger partial charge in [-0.3, -0.25) is 9.36 Å². The minimum atomic E-state index is -0.416. The van der Waals surface area contributed by atoms with Crippen LogP contribution in [-0.2, 0) is 17.8 Å². The first kappa shape index (κ1) is 21.7. The number of ether oxygens (including phenoxy) is 2. The molecule has 0 saturated carbocycles. The lowest BCUT2D eigenvalue weighted by Gasteiger charge is -2.28. The molecule has 4 aromatic rings. The maximum absolute atomic E-state index is 13.1. The van der Waals surface area contributed by atoms with Crippen LogP contribution < -0.4 is 9.47 Å². The van der Waals surface area contributed by atoms with Crippen molar-refractivity contribution < 1.29 is 14.3 Å². The van der Waals surface area contributed by atoms with E-state index in [1.165, 1.54) is 22.9 Å². The summed E-state index contributed by atoms with van der Waals surface area (Å²) in [4.78, 5) is 15.0. The third kappa shape index (κ3) is 4.37. The predicted octanol–water partition coefficient (Wildman–Crippen LogP) is 4.46. The number of nitrogens with zero attached hydrogens (tertiary/aromatic N) is 4. The van der Waals surface area contributed by atoms with E-state index >= 15 is 0 Å². The fraction of sp³-hybridized carbons (Fsp3) is 0.222. The van der Waals surface area contributed by atoms with Crippen molar-refractivity contribution in [3.05, 3.63) is 95.8 Å². The van der Waals surface area contributed by atoms with Gasteiger partial charge in [0.05, 0.1) is 5.75 Å². The summed E-state index contributed by atoms with van der Waals surface area (Å²) in [5, 5.41) is 9.57. The molecule has 0 saturated heterocycles. The summed E-state index contributed by atoms with van der Waals surface area (Å²) in [7, 11) is 0. The molecule has 0 radical (unpaired) electrons. The molecule has 176 valence electrons. The minimum Gasteiger partial charge on any atom is -0.485 e. The number of benzene rings is 3. The Morgan fingerprint density at radius 1 is 0.914 bits per heavy atom. The number of thioether (sulfide) groups is 1. The van der Waals surface area contributed by atoms with Crippen LogP contribution >= 0.6 is 11.8 Å². The number of aromatic nitrogens is 3. The zero-order chi connectivity index (χ0) is 23.6. The van der Waals surface area contributed by atoms with Gasteiger partial charge in [0, 0.05) is 18.8 Å². The average molecular weight is 485 g/mol. The van der Waals surface area contributed by atoms with E-state index in [1.54, 1.807) is 0 Å². The molecule has 0 aliphatic carbocycles. The van der Waals surface area contributed by atoms with Gasteiger partial charge in [0.25, 0.3) is 0 Å². The Labute approximate surface area is 207 Å². The molecule has 0 bridgehead atoms. The standard InChI is InChI=1S/C27H24N4O3S/c32-25(30-15-14-19-8-4-5-9-20(19)16-30)18-35-27-29-28-26(31(27)21-10-2-1-3-11-21)24-17-33-22-12-6-7-13-23(22)34-24/h1-13,24H,14-18H2/t24-/m0/s1. The van der Waals surface area contributed by atoms with E-state index in [9.17, 15) is 4.79 Å². The van der Waals surface area contributed by atoms with Crippen LogP contribution in [0.2, 0.25) is 0 Å². The summed E-state index contributed by atoms with van der Waals surface area (Å²) in [6.07, 6.45) is 0.471. The second-order valence-corrected chi connectivity index (χ2v) is 9.44. The van der Waals surface area contributed by atoms with Gasteiger partial charge >= 0.3 is 0 Å². The second kappa shape index (κ2) is 9.46. The monoisotopic (exact) mass is 484 g/mol. The van der Waals surface area contributed by atoms with Gasteiger partial charge in [0.2, 0.25) is 5.91 Å². The normalized spacial score (nSPS) is 16.6. The van der Waals surface area contributed by atoms with Crippen molar-refractivity contribution in [2.45, 2.75) is 24.2 Å². The van der Waals surface area contributed by atoms with Gasteiger partial charge in [0.15, 0.2) is 28.6 Å². The van der Waals surface area contributed by atoms with Gasteiger partial charge in [0.1, 0.15) is 6.61 Å². The Morgan fingerprint density at radius 3 is 2.51 bits per heavy atom. The van der Waals surface area contributed by atoms with Crippen molar-refractivity contribution in [3.8, 4) is 17.2 Å². The topological polar surface area (TPSA) is 69.5 Å². The van der Waals surface area contributed by atoms with Crippen molar-refractivity contribution in [2.24, 2.45) is 0 Å². The summed E-state index contributed by atoms with van der Waals surface area (Å²) in [5.41, 5.74) is 3.47. The van der Waals surface area contributed by atoms with E-state index in [1.807, 2.05) is 70.1 Å². The fourth-order valence-corrected chi connectivity index (χ4v) is 5.34. The first-order valence-corrected chi connectivity index (χ1v) is 12.6. The van der Waals surface area contributed by atoms with Gasteiger partial charge in [-0.25, -0.2) is 0 Å². The molecule has 1 aromatic heterocycles. The molecule has 1 amide bonds. The number of amides is 1. The first-order chi connectivity index (χ1) is 17.3. The van der Waals surface area contributed by atoms with E-state index in [4.69, 9.17) is 9.47 Å². The van der Waals surface area contributed by atoms with E-state index in [-0.39, 0.29) is 11.7 Å². The maximum Gasteiger partial charge on any atom is 0.233 e. The van der Waals surface area contributed by atoms with E-state index in [0.717, 1.165) is 24.4 Å². The summed E-state index contributed by atoms with van der Waals surface area (Å²) in [6, 6.07) is 25.8. The van der Waals surface area contributed by atoms with Crippen LogP contribution in [0.1, 0.15) is 23.1 Å². The number of carbonyl (C=O) groups is 1. The number of carbonyl (C=O) groups excluding carboxylic acids is 1. The fourth-order valence-electron chi connectivity index (χ4n) is 4.48. The van der Waals surface area contributed by atoms with Gasteiger partial charge in [-0.15, -0.1) is 10.2 Å². The van der Waals surface area contributed by atoms with E-state index < -0.39 is 6.10 Å². The number of hydrogen-bond acceptors (Lipinski definition) is 6. The SMILES string of the molecule is O=C(CSc1nnc([C@@H]2COc3ccccc3O2)n1-c1ccccc1)N1CCc2ccccc2C1. The molecule has 0 unspecified atom stereocenters. The minimum absolute atomic E-state index is 0.0971. The van der Waals surface area contributed by atoms with Crippen LogP contribution in [0.5, 0.6) is 11.5 Å². The lowest BCUT2D eigenvalue weighted by molar-refractivity contribution is -0.129. The van der Waals surface area contributed by atoms with Gasteiger partial charge in [-0.05, 0) is 41.8 Å². The molecule has 6 rings (SSSR count). The molecular formula is C27H24N4O3S. The Hall–Kier alpha value is -3.78. The van der Waals surface area contributed by atoms with Crippen LogP contribution in [0, 0.1) is 0 Å². The summed E-state index contributed by atoms with van der Waals surface area (Å²) in [6.45, 7) is 1.72. The molecule has 8 heteroatoms. The second-order valence-electron chi connectivity index (χ2n) is 8.50. The zero-order valence-electron chi connectivity index (χ0n) is 19.0. The first-order valence-electron chi connectivity index (χ1n) is 11.6. The molecule has 35 heavy (non-hydrogen) atoms. The Morgan fingerprint density at radius 2 is 1.66 bits per heavy atom. The Bertz CT molecular complexity index is 1360. The molecule has 0 spiro atoms. The molecule has 7 nitrogen and oxygen atoms in total. The van der Waals surface area contributed by atoms with Crippen LogP contribution in [0.15, 0.2) is 84.0 Å². The van der Waals surface area contributed by atoms with E-state index in [0.29, 0.717) is 29.9 Å². The summed E-state index contributed by atoms with van der Waals surface area (Å²) >= 11 is 1.40. The number of para-hydroxylation sites is 3. The van der Waals surface area contributed by atoms with Crippen LogP contribution in [0.4, 0.5) is 0 Å². The number of hydrogen-bond donors (Lipinski definition) is 0. The highest BCUT2D eigenvalue weighted by Crippen LogP contribution is 2.37. The van der Waals surface area contributed by atoms with Crippen molar-refractivity contribution in [3.63, 3.8) is 0 Å². The summed E-state index contributed by atoms with van der Waals surface area (Å²) in [5.74, 6) is 2.43. The number of rotatable bonds is 5.